The molecule has 0 saturated carbocycles. The minimum atomic E-state index is -2.97. The monoisotopic (exact) mass is 310 g/mol. The number of carbonyl (C=O) groups is 1. The fraction of sp³-hybridized carbons (Fsp3) is 0.167. The number of carboxylic acid groups (broad SMARTS) is 1. The van der Waals surface area contributed by atoms with E-state index in [0.29, 0.717) is 5.01 Å². The third kappa shape index (κ3) is 2.47. The number of hydrogen-bond donors (Lipinski definition) is 1. The summed E-state index contributed by atoms with van der Waals surface area (Å²) in [5.41, 5.74) is -0.678. The second-order valence-corrected chi connectivity index (χ2v) is 5.28. The summed E-state index contributed by atoms with van der Waals surface area (Å²) in [5.74, 6) is -1.53. The molecule has 0 atom stereocenters. The highest BCUT2D eigenvalue weighted by Gasteiger charge is 2.26. The maximum Gasteiger partial charge on any atom is 0.358 e. The summed E-state index contributed by atoms with van der Waals surface area (Å²) in [5, 5.41) is 16.2. The van der Waals surface area contributed by atoms with E-state index in [0.717, 1.165) is 14.9 Å². The SMILES string of the molecule is O=C(O)c1nnn(Cc2nc3ccccc3s2)c1C(F)F. The van der Waals surface area contributed by atoms with Gasteiger partial charge in [-0.25, -0.2) is 23.2 Å². The maximum atomic E-state index is 13.0. The summed E-state index contributed by atoms with van der Waals surface area (Å²) in [4.78, 5) is 15.2. The molecule has 3 aromatic rings. The van der Waals surface area contributed by atoms with Crippen LogP contribution in [0.15, 0.2) is 24.3 Å². The van der Waals surface area contributed by atoms with Crippen LogP contribution in [0.2, 0.25) is 0 Å². The Morgan fingerprint density at radius 1 is 1.38 bits per heavy atom. The Labute approximate surface area is 120 Å². The second-order valence-electron chi connectivity index (χ2n) is 4.16. The number of fused-ring (bicyclic) bond motifs is 1. The zero-order valence-electron chi connectivity index (χ0n) is 10.4. The number of alkyl halides is 2. The molecule has 0 unspecified atom stereocenters. The summed E-state index contributed by atoms with van der Waals surface area (Å²) in [6.45, 7) is -0.0424. The van der Waals surface area contributed by atoms with Crippen LogP contribution >= 0.6 is 11.3 Å². The van der Waals surface area contributed by atoms with Crippen LogP contribution in [0.25, 0.3) is 10.2 Å². The summed E-state index contributed by atoms with van der Waals surface area (Å²) in [7, 11) is 0. The summed E-state index contributed by atoms with van der Waals surface area (Å²) in [6, 6.07) is 7.36. The van der Waals surface area contributed by atoms with Gasteiger partial charge in [-0.1, -0.05) is 17.3 Å². The van der Waals surface area contributed by atoms with Crippen molar-refractivity contribution in [2.24, 2.45) is 0 Å². The fourth-order valence-corrected chi connectivity index (χ4v) is 2.87. The molecule has 0 aliphatic carbocycles. The van der Waals surface area contributed by atoms with Gasteiger partial charge >= 0.3 is 5.97 Å². The predicted molar refractivity (Wildman–Crippen MR) is 70.7 cm³/mol. The number of thiazole rings is 1. The van der Waals surface area contributed by atoms with Gasteiger partial charge in [-0.15, -0.1) is 16.4 Å². The molecule has 0 radical (unpaired) electrons. The first kappa shape index (κ1) is 13.6. The first-order valence-corrected chi connectivity index (χ1v) is 6.67. The Bertz CT molecular complexity index is 782. The largest absolute Gasteiger partial charge is 0.476 e. The number of nitrogens with zero attached hydrogens (tertiary/aromatic N) is 4. The molecule has 3 rings (SSSR count). The zero-order chi connectivity index (χ0) is 15.0. The molecule has 2 aromatic heterocycles. The van der Waals surface area contributed by atoms with Crippen molar-refractivity contribution < 1.29 is 18.7 Å². The van der Waals surface area contributed by atoms with E-state index in [4.69, 9.17) is 5.11 Å². The lowest BCUT2D eigenvalue weighted by Crippen LogP contribution is -2.09. The van der Waals surface area contributed by atoms with E-state index in [1.807, 2.05) is 24.3 Å². The summed E-state index contributed by atoms with van der Waals surface area (Å²) in [6.07, 6.45) is -2.97. The van der Waals surface area contributed by atoms with Crippen molar-refractivity contribution in [1.29, 1.82) is 0 Å². The van der Waals surface area contributed by atoms with Gasteiger partial charge in [0.05, 0.1) is 16.8 Å². The summed E-state index contributed by atoms with van der Waals surface area (Å²) < 4.78 is 27.8. The average molecular weight is 310 g/mol. The molecule has 1 aromatic carbocycles. The van der Waals surface area contributed by atoms with Crippen LogP contribution in [0.1, 0.15) is 27.6 Å². The summed E-state index contributed by atoms with van der Waals surface area (Å²) >= 11 is 1.34. The van der Waals surface area contributed by atoms with Gasteiger partial charge in [-0.2, -0.15) is 0 Å². The third-order valence-corrected chi connectivity index (χ3v) is 3.83. The molecule has 21 heavy (non-hydrogen) atoms. The van der Waals surface area contributed by atoms with Crippen molar-refractivity contribution >= 4 is 27.5 Å². The molecule has 2 heterocycles. The number of benzene rings is 1. The first-order valence-electron chi connectivity index (χ1n) is 5.85. The lowest BCUT2D eigenvalue weighted by Gasteiger charge is -2.03. The number of hydrogen-bond acceptors (Lipinski definition) is 5. The standard InChI is InChI=1S/C12H8F2N4O2S/c13-11(14)10-9(12(19)20)16-17-18(10)5-8-15-6-3-1-2-4-7(6)21-8/h1-4,11H,5H2,(H,19,20). The maximum absolute atomic E-state index is 13.0. The van der Waals surface area contributed by atoms with E-state index < -0.39 is 23.8 Å². The molecular weight excluding hydrogens is 302 g/mol. The van der Waals surface area contributed by atoms with Crippen molar-refractivity contribution in [3.63, 3.8) is 0 Å². The number of aromatic nitrogens is 4. The normalized spacial score (nSPS) is 11.4. The van der Waals surface area contributed by atoms with Crippen LogP contribution in [-0.4, -0.2) is 31.1 Å². The Morgan fingerprint density at radius 3 is 2.81 bits per heavy atom. The molecule has 0 amide bonds. The molecular formula is C12H8F2N4O2S. The van der Waals surface area contributed by atoms with E-state index in [1.165, 1.54) is 11.3 Å². The Morgan fingerprint density at radius 2 is 2.14 bits per heavy atom. The highest BCUT2D eigenvalue weighted by atomic mass is 32.1. The molecule has 0 bridgehead atoms. The molecule has 1 N–H and O–H groups in total. The van der Waals surface area contributed by atoms with Gasteiger partial charge in [0.1, 0.15) is 10.7 Å². The topological polar surface area (TPSA) is 80.9 Å². The average Bonchev–Trinajstić information content (AvgIpc) is 3.01. The lowest BCUT2D eigenvalue weighted by molar-refractivity contribution is 0.0675. The van der Waals surface area contributed by atoms with E-state index in [9.17, 15) is 13.6 Å². The van der Waals surface area contributed by atoms with Crippen LogP contribution in [0, 0.1) is 0 Å². The molecule has 6 nitrogen and oxygen atoms in total. The van der Waals surface area contributed by atoms with Crippen LogP contribution < -0.4 is 0 Å². The highest BCUT2D eigenvalue weighted by molar-refractivity contribution is 7.18. The zero-order valence-corrected chi connectivity index (χ0v) is 11.2. The molecule has 0 spiro atoms. The van der Waals surface area contributed by atoms with Crippen molar-refractivity contribution in [3.8, 4) is 0 Å². The number of rotatable bonds is 4. The number of carboxylic acids is 1. The molecule has 108 valence electrons. The van der Waals surface area contributed by atoms with E-state index in [1.54, 1.807) is 0 Å². The molecule has 0 aliphatic heterocycles. The molecule has 0 fully saturated rings. The lowest BCUT2D eigenvalue weighted by atomic mass is 10.3. The van der Waals surface area contributed by atoms with Gasteiger partial charge in [0.2, 0.25) is 0 Å². The van der Waals surface area contributed by atoms with E-state index in [2.05, 4.69) is 15.3 Å². The van der Waals surface area contributed by atoms with Gasteiger partial charge in [-0.05, 0) is 12.1 Å². The van der Waals surface area contributed by atoms with Crippen LogP contribution in [-0.2, 0) is 6.54 Å². The van der Waals surface area contributed by atoms with E-state index in [-0.39, 0.29) is 6.54 Å². The van der Waals surface area contributed by atoms with Gasteiger partial charge in [0.15, 0.2) is 5.69 Å². The van der Waals surface area contributed by atoms with Crippen molar-refractivity contribution in [1.82, 2.24) is 20.0 Å². The first-order chi connectivity index (χ1) is 10.1. The Balaban J connectivity index is 1.99. The van der Waals surface area contributed by atoms with Crippen LogP contribution in [0.5, 0.6) is 0 Å². The Hall–Kier alpha value is -2.42. The minimum Gasteiger partial charge on any atom is -0.476 e. The van der Waals surface area contributed by atoms with Crippen molar-refractivity contribution in [3.05, 3.63) is 40.7 Å². The van der Waals surface area contributed by atoms with Gasteiger partial charge < -0.3 is 5.11 Å². The van der Waals surface area contributed by atoms with Gasteiger partial charge in [0, 0.05) is 0 Å². The van der Waals surface area contributed by atoms with Crippen LogP contribution in [0.3, 0.4) is 0 Å². The van der Waals surface area contributed by atoms with Gasteiger partial charge in [0.25, 0.3) is 6.43 Å². The fourth-order valence-electron chi connectivity index (χ4n) is 1.92. The number of para-hydroxylation sites is 1. The minimum absolute atomic E-state index is 0.0424. The molecule has 9 heteroatoms. The van der Waals surface area contributed by atoms with Crippen molar-refractivity contribution in [2.75, 3.05) is 0 Å². The van der Waals surface area contributed by atoms with E-state index >= 15 is 0 Å². The second kappa shape index (κ2) is 5.17. The van der Waals surface area contributed by atoms with Gasteiger partial charge in [-0.3, -0.25) is 0 Å². The Kier molecular flexibility index (Phi) is 3.34. The highest BCUT2D eigenvalue weighted by Crippen LogP contribution is 2.25. The number of halogens is 2. The predicted octanol–water partition coefficient (Wildman–Crippen LogP) is 2.57. The number of aromatic carboxylic acids is 1. The molecule has 0 saturated heterocycles. The molecule has 0 aliphatic rings. The quantitative estimate of drug-likeness (QED) is 0.801. The third-order valence-electron chi connectivity index (χ3n) is 2.81. The van der Waals surface area contributed by atoms with Crippen LogP contribution in [0.4, 0.5) is 8.78 Å². The van der Waals surface area contributed by atoms with Crippen molar-refractivity contribution in [2.45, 2.75) is 13.0 Å². The smallest absolute Gasteiger partial charge is 0.358 e.